The summed E-state index contributed by atoms with van der Waals surface area (Å²) in [5.74, 6) is 0.331. The molecule has 2 aromatic heterocycles. The minimum Gasteiger partial charge on any atom is -0.443 e. The van der Waals surface area contributed by atoms with Crippen molar-refractivity contribution in [3.05, 3.63) is 71.2 Å². The van der Waals surface area contributed by atoms with E-state index in [0.717, 1.165) is 5.56 Å². The van der Waals surface area contributed by atoms with Gasteiger partial charge in [-0.3, -0.25) is 4.57 Å². The van der Waals surface area contributed by atoms with Crippen LogP contribution in [0.25, 0.3) is 17.3 Å². The fraction of sp³-hybridized carbons (Fsp3) is 0.227. The first kappa shape index (κ1) is 22.3. The van der Waals surface area contributed by atoms with Crippen LogP contribution >= 0.6 is 19.1 Å². The Kier molecular flexibility index (Phi) is 5.71. The lowest BCUT2D eigenvalue weighted by molar-refractivity contribution is 0.495. The first-order valence-corrected chi connectivity index (χ1v) is 11.9. The maximum Gasteiger partial charge on any atom is 0.321 e. The number of rotatable bonds is 5. The molecule has 32 heavy (non-hydrogen) atoms. The number of halogens is 1. The molecule has 10 heteroatoms. The molecule has 2 N–H and O–H groups in total. The Bertz CT molecular complexity index is 1290. The molecule has 0 aliphatic heterocycles. The lowest BCUT2D eigenvalue weighted by atomic mass is 9.87. The van der Waals surface area contributed by atoms with Crippen LogP contribution in [0.1, 0.15) is 32.0 Å². The molecule has 0 aliphatic rings. The molecule has 4 aromatic rings. The van der Waals surface area contributed by atoms with Gasteiger partial charge >= 0.3 is 7.52 Å². The Morgan fingerprint density at radius 2 is 1.88 bits per heavy atom. The number of oxazole rings is 1. The van der Waals surface area contributed by atoms with E-state index in [1.165, 1.54) is 17.1 Å². The molecular formula is C22H23ClN5O3P. The Morgan fingerprint density at radius 3 is 2.50 bits per heavy atom. The number of nitrogens with zero attached hydrogens (tertiary/aromatic N) is 4. The van der Waals surface area contributed by atoms with Crippen LogP contribution in [0.4, 0.5) is 5.69 Å². The van der Waals surface area contributed by atoms with Gasteiger partial charge in [-0.1, -0.05) is 49.7 Å². The summed E-state index contributed by atoms with van der Waals surface area (Å²) < 4.78 is 20.1. The maximum atomic E-state index is 13.2. The summed E-state index contributed by atoms with van der Waals surface area (Å²) in [5, 5.41) is 11.9. The van der Waals surface area contributed by atoms with E-state index in [0.29, 0.717) is 39.0 Å². The smallest absolute Gasteiger partial charge is 0.321 e. The van der Waals surface area contributed by atoms with Gasteiger partial charge < -0.3 is 14.4 Å². The summed E-state index contributed by atoms with van der Waals surface area (Å²) in [5.41, 5.74) is 2.98. The van der Waals surface area contributed by atoms with Gasteiger partial charge in [0.25, 0.3) is 0 Å². The summed E-state index contributed by atoms with van der Waals surface area (Å²) in [6.07, 6.45) is 2.97. The zero-order chi connectivity index (χ0) is 23.1. The van der Waals surface area contributed by atoms with Crippen molar-refractivity contribution >= 4 is 30.1 Å². The van der Waals surface area contributed by atoms with Gasteiger partial charge in [0.2, 0.25) is 5.89 Å². The van der Waals surface area contributed by atoms with Crippen LogP contribution in [0.2, 0.25) is 5.02 Å². The second-order valence-corrected chi connectivity index (χ2v) is 10.7. The molecule has 0 saturated carbocycles. The highest BCUT2D eigenvalue weighted by Crippen LogP contribution is 2.42. The van der Waals surface area contributed by atoms with E-state index in [2.05, 4.69) is 41.2 Å². The third-order valence-electron chi connectivity index (χ3n) is 5.07. The average molecular weight is 472 g/mol. The van der Waals surface area contributed by atoms with E-state index >= 15 is 0 Å². The Morgan fingerprint density at radius 1 is 1.16 bits per heavy atom. The van der Waals surface area contributed by atoms with E-state index in [4.69, 9.17) is 16.0 Å². The summed E-state index contributed by atoms with van der Waals surface area (Å²) in [6.45, 7) is 8.07. The van der Waals surface area contributed by atoms with E-state index in [1.807, 2.05) is 12.1 Å². The minimum atomic E-state index is -3.94. The molecule has 0 aliphatic carbocycles. The Hall–Kier alpha value is -2.93. The summed E-state index contributed by atoms with van der Waals surface area (Å²) in [7, 11) is -3.94. The van der Waals surface area contributed by atoms with Crippen LogP contribution in [0.5, 0.6) is 0 Å². The molecular weight excluding hydrogens is 449 g/mol. The fourth-order valence-electron chi connectivity index (χ4n) is 3.26. The third kappa shape index (κ3) is 4.35. The molecule has 2 heterocycles. The van der Waals surface area contributed by atoms with Crippen LogP contribution in [-0.4, -0.2) is 24.9 Å². The van der Waals surface area contributed by atoms with Crippen LogP contribution in [0, 0.1) is 6.92 Å². The van der Waals surface area contributed by atoms with Gasteiger partial charge in [-0.25, -0.2) is 9.67 Å². The van der Waals surface area contributed by atoms with Gasteiger partial charge in [0.1, 0.15) is 6.26 Å². The van der Waals surface area contributed by atoms with Gasteiger partial charge in [0.15, 0.2) is 5.69 Å². The summed E-state index contributed by atoms with van der Waals surface area (Å²) in [6, 6.07) is 12.0. The van der Waals surface area contributed by atoms with E-state index < -0.39 is 7.52 Å². The van der Waals surface area contributed by atoms with Gasteiger partial charge in [-0.05, 0) is 48.2 Å². The quantitative estimate of drug-likeness (QED) is 0.390. The number of benzene rings is 2. The van der Waals surface area contributed by atoms with Crippen LogP contribution in [0.15, 0.2) is 59.3 Å². The Labute approximate surface area is 190 Å². The molecule has 0 spiro atoms. The van der Waals surface area contributed by atoms with Crippen molar-refractivity contribution in [1.82, 2.24) is 20.0 Å². The maximum absolute atomic E-state index is 13.2. The molecule has 0 saturated heterocycles. The predicted octanol–water partition coefficient (Wildman–Crippen LogP) is 5.10. The number of aromatic nitrogens is 4. The van der Waals surface area contributed by atoms with Crippen molar-refractivity contribution in [3.63, 3.8) is 0 Å². The third-order valence-corrected chi connectivity index (χ3v) is 6.85. The fourth-order valence-corrected chi connectivity index (χ4v) is 4.63. The molecule has 0 bridgehead atoms. The average Bonchev–Trinajstić information content (AvgIpc) is 3.38. The standard InChI is InChI=1S/C22H23ClN5O3P/c1-14-20(21-24-11-12-31-21)25-27-28(14)19-13-16(23)7-10-18(19)26-32(29,30)17-8-5-15(6-9-17)22(2,3)4/h5-13H,1-4H3,(H2,26,29,30). The molecule has 166 valence electrons. The second kappa shape index (κ2) is 8.20. The predicted molar refractivity (Wildman–Crippen MR) is 125 cm³/mol. The van der Waals surface area contributed by atoms with Crippen LogP contribution < -0.4 is 10.4 Å². The van der Waals surface area contributed by atoms with E-state index in [9.17, 15) is 9.46 Å². The minimum absolute atomic E-state index is 0.0556. The molecule has 0 radical (unpaired) electrons. The highest BCUT2D eigenvalue weighted by Gasteiger charge is 2.25. The molecule has 8 nitrogen and oxygen atoms in total. The molecule has 2 aromatic carbocycles. The van der Waals surface area contributed by atoms with Crippen LogP contribution in [-0.2, 0) is 9.98 Å². The van der Waals surface area contributed by atoms with E-state index in [1.54, 1.807) is 37.3 Å². The van der Waals surface area contributed by atoms with Gasteiger partial charge in [-0.2, -0.15) is 0 Å². The number of anilines is 1. The largest absolute Gasteiger partial charge is 0.443 e. The van der Waals surface area contributed by atoms with Crippen molar-refractivity contribution in [2.75, 3.05) is 5.09 Å². The van der Waals surface area contributed by atoms with Gasteiger partial charge in [0.05, 0.1) is 28.6 Å². The lowest BCUT2D eigenvalue weighted by Crippen LogP contribution is -2.16. The topological polar surface area (TPSA) is 106 Å². The molecule has 4 rings (SSSR count). The van der Waals surface area contributed by atoms with Gasteiger partial charge in [-0.15, -0.1) is 5.10 Å². The van der Waals surface area contributed by atoms with Crippen molar-refractivity contribution < 1.29 is 13.9 Å². The molecule has 0 amide bonds. The second-order valence-electron chi connectivity index (χ2n) is 8.42. The van der Waals surface area contributed by atoms with Crippen molar-refractivity contribution in [2.24, 2.45) is 0 Å². The van der Waals surface area contributed by atoms with Crippen LogP contribution in [0.3, 0.4) is 0 Å². The normalized spacial score (nSPS) is 13.7. The number of hydrogen-bond acceptors (Lipinski definition) is 5. The van der Waals surface area contributed by atoms with Crippen molar-refractivity contribution in [3.8, 4) is 17.3 Å². The molecule has 0 fully saturated rings. The van der Waals surface area contributed by atoms with Gasteiger partial charge in [0, 0.05) is 5.02 Å². The lowest BCUT2D eigenvalue weighted by Gasteiger charge is -2.21. The number of hydrogen-bond donors (Lipinski definition) is 2. The monoisotopic (exact) mass is 471 g/mol. The summed E-state index contributed by atoms with van der Waals surface area (Å²) >= 11 is 6.22. The highest BCUT2D eigenvalue weighted by molar-refractivity contribution is 7.67. The highest BCUT2D eigenvalue weighted by atomic mass is 35.5. The summed E-state index contributed by atoms with van der Waals surface area (Å²) in [4.78, 5) is 14.9. The first-order chi connectivity index (χ1) is 15.1. The molecule has 1 unspecified atom stereocenters. The zero-order valence-electron chi connectivity index (χ0n) is 18.1. The zero-order valence-corrected chi connectivity index (χ0v) is 19.7. The van der Waals surface area contributed by atoms with Crippen molar-refractivity contribution in [1.29, 1.82) is 0 Å². The molecule has 1 atom stereocenters. The van der Waals surface area contributed by atoms with E-state index in [-0.39, 0.29) is 5.41 Å². The Balaban J connectivity index is 1.71. The first-order valence-electron chi connectivity index (χ1n) is 9.90. The van der Waals surface area contributed by atoms with Crippen molar-refractivity contribution in [2.45, 2.75) is 33.1 Å². The SMILES string of the molecule is Cc1c(-c2ncco2)nnn1-c1cc(Cl)ccc1NP(=O)(O)c1ccc(C(C)(C)C)cc1. The number of nitrogens with one attached hydrogen (secondary N) is 1.